The summed E-state index contributed by atoms with van der Waals surface area (Å²) >= 11 is 0. The topological polar surface area (TPSA) is 38.7 Å². The van der Waals surface area contributed by atoms with Crippen molar-refractivity contribution in [2.75, 3.05) is 0 Å². The molecule has 0 aliphatic rings. The molecule has 1 heterocycles. The highest BCUT2D eigenvalue weighted by Gasteiger charge is 2.12. The van der Waals surface area contributed by atoms with E-state index in [-0.39, 0.29) is 0 Å². The van der Waals surface area contributed by atoms with Crippen molar-refractivity contribution >= 4 is 5.57 Å². The van der Waals surface area contributed by atoms with Crippen molar-refractivity contribution in [1.82, 2.24) is 15.0 Å². The van der Waals surface area contributed by atoms with Gasteiger partial charge in [0.05, 0.1) is 0 Å². The molecule has 0 N–H and O–H groups in total. The quantitative estimate of drug-likeness (QED) is 0.332. The summed E-state index contributed by atoms with van der Waals surface area (Å²) in [5.74, 6) is 2.02. The smallest absolute Gasteiger partial charge is 0.164 e. The highest BCUT2D eigenvalue weighted by Crippen LogP contribution is 2.26. The van der Waals surface area contributed by atoms with E-state index in [4.69, 9.17) is 15.0 Å². The molecule has 0 spiro atoms. The summed E-state index contributed by atoms with van der Waals surface area (Å²) < 4.78 is 0. The first-order valence-electron chi connectivity index (χ1n) is 10.5. The van der Waals surface area contributed by atoms with Gasteiger partial charge in [0.15, 0.2) is 17.5 Å². The van der Waals surface area contributed by atoms with Crippen LogP contribution in [0.25, 0.3) is 39.5 Å². The van der Waals surface area contributed by atoms with Crippen LogP contribution in [0.4, 0.5) is 0 Å². The van der Waals surface area contributed by atoms with E-state index in [2.05, 4.69) is 79.7 Å². The summed E-state index contributed by atoms with van der Waals surface area (Å²) in [6.45, 7) is 6.07. The number of hydrogen-bond acceptors (Lipinski definition) is 3. The maximum atomic E-state index is 4.81. The lowest BCUT2D eigenvalue weighted by Crippen LogP contribution is -2.02. The molecule has 0 saturated carbocycles. The summed E-state index contributed by atoms with van der Waals surface area (Å²) in [6, 6.07) is 27.0. The molecule has 0 aliphatic heterocycles. The molecule has 0 aliphatic carbocycles. The Balaban J connectivity index is 1.81. The minimum absolute atomic E-state index is 0.670. The fourth-order valence-electron chi connectivity index (χ4n) is 3.39. The van der Waals surface area contributed by atoms with Crippen molar-refractivity contribution in [3.63, 3.8) is 0 Å². The first kappa shape index (κ1) is 20.4. The summed E-state index contributed by atoms with van der Waals surface area (Å²) in [7, 11) is 0. The maximum Gasteiger partial charge on any atom is 0.164 e. The monoisotopic (exact) mass is 403 g/mol. The maximum absolute atomic E-state index is 4.81. The molecule has 3 heteroatoms. The van der Waals surface area contributed by atoms with Gasteiger partial charge in [0.2, 0.25) is 0 Å². The van der Waals surface area contributed by atoms with E-state index in [1.165, 1.54) is 16.7 Å². The van der Waals surface area contributed by atoms with Gasteiger partial charge in [0.25, 0.3) is 0 Å². The highest BCUT2D eigenvalue weighted by atomic mass is 15.0. The Bertz CT molecular complexity index is 1220. The van der Waals surface area contributed by atoms with Crippen LogP contribution in [0.5, 0.6) is 0 Å². The molecule has 0 amide bonds. The molecule has 3 aromatic carbocycles. The zero-order valence-electron chi connectivity index (χ0n) is 18.1. The van der Waals surface area contributed by atoms with Gasteiger partial charge in [-0.3, -0.25) is 0 Å². The number of aryl methyl sites for hydroxylation is 1. The molecule has 4 rings (SSSR count). The fraction of sp³-hybridized carbons (Fsp3) is 0.107. The van der Waals surface area contributed by atoms with E-state index in [1.54, 1.807) is 0 Å². The van der Waals surface area contributed by atoms with Crippen molar-refractivity contribution in [2.45, 2.75) is 20.8 Å². The molecule has 3 nitrogen and oxygen atoms in total. The van der Waals surface area contributed by atoms with Gasteiger partial charge in [-0.2, -0.15) is 0 Å². The number of benzene rings is 3. The van der Waals surface area contributed by atoms with Crippen molar-refractivity contribution in [3.05, 3.63) is 108 Å². The Morgan fingerprint density at radius 2 is 1.13 bits per heavy atom. The van der Waals surface area contributed by atoms with Crippen molar-refractivity contribution in [1.29, 1.82) is 0 Å². The Labute approximate surface area is 183 Å². The average molecular weight is 404 g/mol. The van der Waals surface area contributed by atoms with Gasteiger partial charge in [0.1, 0.15) is 0 Å². The SMILES string of the molecule is C/C=C\C(=C/C)c1nc(-c2ccc(C)cc2)nc(-c2ccc(-c3ccccc3)cc2)n1. The van der Waals surface area contributed by atoms with Crippen LogP contribution in [0.15, 0.2) is 97.1 Å². The Kier molecular flexibility index (Phi) is 6.13. The highest BCUT2D eigenvalue weighted by molar-refractivity contribution is 5.73. The number of hydrogen-bond donors (Lipinski definition) is 0. The third-order valence-electron chi connectivity index (χ3n) is 5.11. The van der Waals surface area contributed by atoms with Gasteiger partial charge in [-0.15, -0.1) is 0 Å². The second-order valence-electron chi connectivity index (χ2n) is 7.36. The molecule has 152 valence electrons. The third-order valence-corrected chi connectivity index (χ3v) is 5.11. The standard InChI is InChI=1S/C28H25N3/c1-4-9-21(5-2)26-29-27(24-14-12-20(3)13-15-24)31-28(30-26)25-18-16-23(17-19-25)22-10-7-6-8-11-22/h4-19H,1-3H3/b9-4-,21-5+. The molecule has 31 heavy (non-hydrogen) atoms. The van der Waals surface area contributed by atoms with Crippen LogP contribution in [0.3, 0.4) is 0 Å². The van der Waals surface area contributed by atoms with Crippen LogP contribution >= 0.6 is 0 Å². The third kappa shape index (κ3) is 4.67. The predicted molar refractivity (Wildman–Crippen MR) is 129 cm³/mol. The Morgan fingerprint density at radius 3 is 1.68 bits per heavy atom. The van der Waals surface area contributed by atoms with E-state index in [0.29, 0.717) is 17.5 Å². The van der Waals surface area contributed by atoms with Crippen LogP contribution in [-0.4, -0.2) is 15.0 Å². The summed E-state index contributed by atoms with van der Waals surface area (Å²) in [6.07, 6.45) is 6.05. The predicted octanol–water partition coefficient (Wildman–Crippen LogP) is 7.16. The van der Waals surface area contributed by atoms with Crippen molar-refractivity contribution in [2.24, 2.45) is 0 Å². The molecule has 1 aromatic heterocycles. The molecular weight excluding hydrogens is 378 g/mol. The lowest BCUT2D eigenvalue weighted by molar-refractivity contribution is 1.04. The Morgan fingerprint density at radius 1 is 0.613 bits per heavy atom. The first-order valence-corrected chi connectivity index (χ1v) is 10.5. The van der Waals surface area contributed by atoms with E-state index < -0.39 is 0 Å². The molecule has 0 bridgehead atoms. The van der Waals surface area contributed by atoms with Gasteiger partial charge in [-0.1, -0.05) is 103 Å². The van der Waals surface area contributed by atoms with Crippen molar-refractivity contribution in [3.8, 4) is 33.9 Å². The van der Waals surface area contributed by atoms with Gasteiger partial charge >= 0.3 is 0 Å². The van der Waals surface area contributed by atoms with E-state index in [0.717, 1.165) is 16.7 Å². The summed E-state index contributed by atoms with van der Waals surface area (Å²) in [4.78, 5) is 14.4. The second kappa shape index (κ2) is 9.31. The van der Waals surface area contributed by atoms with Gasteiger partial charge in [-0.05, 0) is 31.9 Å². The van der Waals surface area contributed by atoms with Crippen LogP contribution < -0.4 is 0 Å². The van der Waals surface area contributed by atoms with E-state index >= 15 is 0 Å². The minimum Gasteiger partial charge on any atom is -0.208 e. The Hall–Kier alpha value is -3.85. The number of aromatic nitrogens is 3. The fourth-order valence-corrected chi connectivity index (χ4v) is 3.39. The van der Waals surface area contributed by atoms with E-state index in [9.17, 15) is 0 Å². The van der Waals surface area contributed by atoms with Crippen LogP contribution in [0, 0.1) is 6.92 Å². The minimum atomic E-state index is 0.670. The van der Waals surface area contributed by atoms with Gasteiger partial charge in [-0.25, -0.2) is 15.0 Å². The summed E-state index contributed by atoms with van der Waals surface area (Å²) in [5.41, 5.74) is 6.48. The van der Waals surface area contributed by atoms with Crippen LogP contribution in [-0.2, 0) is 0 Å². The normalized spacial score (nSPS) is 11.8. The largest absolute Gasteiger partial charge is 0.208 e. The molecule has 0 radical (unpaired) electrons. The van der Waals surface area contributed by atoms with Gasteiger partial charge in [0, 0.05) is 16.7 Å². The molecular formula is C28H25N3. The average Bonchev–Trinajstić information content (AvgIpc) is 2.83. The molecule has 0 atom stereocenters. The molecule has 0 fully saturated rings. The number of allylic oxidation sites excluding steroid dienone is 4. The van der Waals surface area contributed by atoms with Crippen molar-refractivity contribution < 1.29 is 0 Å². The van der Waals surface area contributed by atoms with Gasteiger partial charge < -0.3 is 0 Å². The molecule has 4 aromatic rings. The number of rotatable bonds is 5. The number of nitrogens with zero attached hydrogens (tertiary/aromatic N) is 3. The first-order chi connectivity index (χ1) is 15.2. The van der Waals surface area contributed by atoms with E-state index in [1.807, 2.05) is 38.1 Å². The molecule has 0 saturated heterocycles. The van der Waals surface area contributed by atoms with Crippen LogP contribution in [0.2, 0.25) is 0 Å². The lowest BCUT2D eigenvalue weighted by atomic mass is 10.0. The zero-order valence-corrected chi connectivity index (χ0v) is 18.1. The van der Waals surface area contributed by atoms with Crippen LogP contribution in [0.1, 0.15) is 25.2 Å². The molecule has 0 unspecified atom stereocenters. The second-order valence-corrected chi connectivity index (χ2v) is 7.36. The zero-order chi connectivity index (χ0) is 21.6. The lowest BCUT2D eigenvalue weighted by Gasteiger charge is -2.09. The summed E-state index contributed by atoms with van der Waals surface area (Å²) in [5, 5.41) is 0.